The van der Waals surface area contributed by atoms with Gasteiger partial charge in [-0.1, -0.05) is 42.4 Å². The first kappa shape index (κ1) is 25.2. The molecule has 3 heterocycles. The lowest BCUT2D eigenvalue weighted by Gasteiger charge is -2.30. The molecular formula is C32H34N4O3. The second kappa shape index (κ2) is 10.9. The maximum Gasteiger partial charge on any atom is 0.230 e. The fourth-order valence-corrected chi connectivity index (χ4v) is 5.69. The summed E-state index contributed by atoms with van der Waals surface area (Å²) in [7, 11) is 3.31. The molecule has 0 radical (unpaired) electrons. The van der Waals surface area contributed by atoms with Gasteiger partial charge in [-0.15, -0.1) is 0 Å². The molecule has 1 saturated heterocycles. The summed E-state index contributed by atoms with van der Waals surface area (Å²) in [4.78, 5) is 11.0. The van der Waals surface area contributed by atoms with Crippen LogP contribution in [0.25, 0.3) is 33.5 Å². The summed E-state index contributed by atoms with van der Waals surface area (Å²) >= 11 is 0. The molecule has 5 aromatic rings. The number of hydrogen-bond donors (Lipinski definition) is 1. The van der Waals surface area contributed by atoms with Gasteiger partial charge in [0.2, 0.25) is 11.7 Å². The van der Waals surface area contributed by atoms with E-state index in [2.05, 4.69) is 76.6 Å². The molecule has 7 nitrogen and oxygen atoms in total. The lowest BCUT2D eigenvalue weighted by atomic mass is 9.96. The number of hydrogen-bond acceptors (Lipinski definition) is 6. The van der Waals surface area contributed by atoms with Gasteiger partial charge in [0.25, 0.3) is 0 Å². The fraction of sp³-hybridized carbons (Fsp3) is 0.312. The number of benzene rings is 3. The summed E-state index contributed by atoms with van der Waals surface area (Å²) in [5.41, 5.74) is 6.79. The van der Waals surface area contributed by atoms with Gasteiger partial charge in [-0.2, -0.15) is 4.98 Å². The summed E-state index contributed by atoms with van der Waals surface area (Å²) < 4.78 is 16.8. The van der Waals surface area contributed by atoms with Crippen LogP contribution in [0.1, 0.15) is 42.7 Å². The van der Waals surface area contributed by atoms with E-state index < -0.39 is 0 Å². The largest absolute Gasteiger partial charge is 0.493 e. The molecule has 0 spiro atoms. The quantitative estimate of drug-likeness (QED) is 0.240. The Morgan fingerprint density at radius 3 is 2.44 bits per heavy atom. The summed E-state index contributed by atoms with van der Waals surface area (Å²) in [5.74, 6) is 3.13. The number of likely N-dealkylation sites (tertiary alicyclic amines) is 1. The minimum Gasteiger partial charge on any atom is -0.493 e. The van der Waals surface area contributed by atoms with Crippen molar-refractivity contribution in [2.45, 2.75) is 38.6 Å². The zero-order chi connectivity index (χ0) is 26.8. The number of aromatic amines is 1. The van der Waals surface area contributed by atoms with Crippen molar-refractivity contribution in [1.82, 2.24) is 20.0 Å². The number of methoxy groups -OCH3 is 2. The first-order valence-electron chi connectivity index (χ1n) is 13.6. The zero-order valence-corrected chi connectivity index (χ0v) is 22.7. The predicted molar refractivity (Wildman–Crippen MR) is 153 cm³/mol. The molecule has 39 heavy (non-hydrogen) atoms. The average molecular weight is 523 g/mol. The first-order chi connectivity index (χ1) is 19.2. The molecule has 0 atom stereocenters. The smallest absolute Gasteiger partial charge is 0.230 e. The topological polar surface area (TPSA) is 76.4 Å². The maximum atomic E-state index is 5.79. The van der Waals surface area contributed by atoms with Crippen LogP contribution in [-0.2, 0) is 13.0 Å². The van der Waals surface area contributed by atoms with Crippen molar-refractivity contribution in [3.63, 3.8) is 0 Å². The number of ether oxygens (including phenoxy) is 2. The summed E-state index contributed by atoms with van der Waals surface area (Å²) in [5, 5.41) is 5.54. The number of H-pyrrole nitrogens is 1. The minimum atomic E-state index is 0.303. The number of nitrogens with one attached hydrogen (secondary N) is 1. The van der Waals surface area contributed by atoms with Gasteiger partial charge in [-0.3, -0.25) is 4.90 Å². The Kier molecular flexibility index (Phi) is 7.07. The van der Waals surface area contributed by atoms with E-state index in [-0.39, 0.29) is 0 Å². The van der Waals surface area contributed by atoms with Crippen molar-refractivity contribution < 1.29 is 14.0 Å². The molecule has 1 fully saturated rings. The molecule has 0 amide bonds. The Bertz CT molecular complexity index is 1570. The van der Waals surface area contributed by atoms with Gasteiger partial charge in [-0.25, -0.2) is 0 Å². The number of piperidine rings is 1. The Labute approximate surface area is 228 Å². The summed E-state index contributed by atoms with van der Waals surface area (Å²) in [6.45, 7) is 5.23. The molecule has 0 bridgehead atoms. The Balaban J connectivity index is 1.21. The van der Waals surface area contributed by atoms with Gasteiger partial charge in [0.1, 0.15) is 0 Å². The second-order valence-electron chi connectivity index (χ2n) is 10.2. The van der Waals surface area contributed by atoms with Crippen LogP contribution in [0.3, 0.4) is 0 Å². The highest BCUT2D eigenvalue weighted by molar-refractivity contribution is 5.93. The summed E-state index contributed by atoms with van der Waals surface area (Å²) in [6, 6.07) is 23.0. The average Bonchev–Trinajstić information content (AvgIpc) is 3.62. The third-order valence-corrected chi connectivity index (χ3v) is 7.82. The molecule has 0 saturated carbocycles. The van der Waals surface area contributed by atoms with Crippen LogP contribution < -0.4 is 9.47 Å². The van der Waals surface area contributed by atoms with E-state index in [0.29, 0.717) is 23.2 Å². The third kappa shape index (κ3) is 5.02. The normalized spacial score (nSPS) is 14.6. The maximum absolute atomic E-state index is 5.79. The third-order valence-electron chi connectivity index (χ3n) is 7.82. The lowest BCUT2D eigenvalue weighted by Crippen LogP contribution is -2.32. The van der Waals surface area contributed by atoms with Gasteiger partial charge in [-0.05, 0) is 79.9 Å². The van der Waals surface area contributed by atoms with Crippen LogP contribution in [0.4, 0.5) is 0 Å². The van der Waals surface area contributed by atoms with E-state index >= 15 is 0 Å². The van der Waals surface area contributed by atoms with Crippen LogP contribution in [0.2, 0.25) is 0 Å². The second-order valence-corrected chi connectivity index (χ2v) is 10.2. The standard InChI is InChI=1S/C32H34N4O3/c1-4-25-26-18-24(10-12-27(26)33-30(25)23-11-13-28(37-2)29(19-23)38-3)31-34-32(39-35-31)22-14-16-36(17-15-22)20-21-8-6-5-7-9-21/h5-13,18-19,22,33H,4,14-17,20H2,1-3H3. The van der Waals surface area contributed by atoms with E-state index in [1.807, 2.05) is 12.1 Å². The Hall–Kier alpha value is -4.10. The van der Waals surface area contributed by atoms with Crippen molar-refractivity contribution in [3.05, 3.63) is 83.7 Å². The van der Waals surface area contributed by atoms with E-state index in [0.717, 1.165) is 67.1 Å². The Morgan fingerprint density at radius 1 is 0.923 bits per heavy atom. The zero-order valence-electron chi connectivity index (χ0n) is 22.7. The van der Waals surface area contributed by atoms with Crippen LogP contribution in [-0.4, -0.2) is 47.3 Å². The highest BCUT2D eigenvalue weighted by Crippen LogP contribution is 2.37. The minimum absolute atomic E-state index is 0.303. The van der Waals surface area contributed by atoms with Crippen molar-refractivity contribution in [1.29, 1.82) is 0 Å². The molecule has 1 aliphatic heterocycles. The van der Waals surface area contributed by atoms with Gasteiger partial charge in [0, 0.05) is 40.2 Å². The molecule has 0 aliphatic carbocycles. The SMILES string of the molecule is CCc1c(-c2ccc(OC)c(OC)c2)[nH]c2ccc(-c3noc(C4CCN(Cc5ccccc5)CC4)n3)cc12. The monoisotopic (exact) mass is 522 g/mol. The molecule has 0 unspecified atom stereocenters. The molecule has 3 aromatic carbocycles. The summed E-state index contributed by atoms with van der Waals surface area (Å²) in [6.07, 6.45) is 2.94. The van der Waals surface area contributed by atoms with Gasteiger partial charge in [0.05, 0.1) is 14.2 Å². The number of nitrogens with zero attached hydrogens (tertiary/aromatic N) is 3. The van der Waals surface area contributed by atoms with Crippen LogP contribution in [0.15, 0.2) is 71.3 Å². The van der Waals surface area contributed by atoms with Gasteiger partial charge >= 0.3 is 0 Å². The van der Waals surface area contributed by atoms with E-state index in [1.54, 1.807) is 14.2 Å². The van der Waals surface area contributed by atoms with Crippen LogP contribution >= 0.6 is 0 Å². The highest BCUT2D eigenvalue weighted by Gasteiger charge is 2.26. The fourth-order valence-electron chi connectivity index (χ4n) is 5.69. The van der Waals surface area contributed by atoms with Crippen LogP contribution in [0.5, 0.6) is 11.5 Å². The van der Waals surface area contributed by atoms with E-state index in [1.165, 1.54) is 16.5 Å². The molecule has 6 rings (SSSR count). The molecule has 2 aromatic heterocycles. The first-order valence-corrected chi connectivity index (χ1v) is 13.6. The van der Waals surface area contributed by atoms with Crippen molar-refractivity contribution in [2.75, 3.05) is 27.3 Å². The highest BCUT2D eigenvalue weighted by atomic mass is 16.5. The molecule has 1 aliphatic rings. The Morgan fingerprint density at radius 2 is 1.69 bits per heavy atom. The number of aryl methyl sites for hydroxylation is 1. The van der Waals surface area contributed by atoms with Gasteiger partial charge in [0.15, 0.2) is 11.5 Å². The van der Waals surface area contributed by atoms with E-state index in [9.17, 15) is 0 Å². The van der Waals surface area contributed by atoms with Gasteiger partial charge < -0.3 is 19.0 Å². The van der Waals surface area contributed by atoms with Crippen molar-refractivity contribution >= 4 is 10.9 Å². The molecule has 7 heteroatoms. The molecule has 1 N–H and O–H groups in total. The molecular weight excluding hydrogens is 488 g/mol. The predicted octanol–water partition coefficient (Wildman–Crippen LogP) is 6.84. The van der Waals surface area contributed by atoms with Crippen molar-refractivity contribution in [3.8, 4) is 34.1 Å². The number of fused-ring (bicyclic) bond motifs is 1. The lowest BCUT2D eigenvalue weighted by molar-refractivity contribution is 0.187. The molecule has 200 valence electrons. The van der Waals surface area contributed by atoms with E-state index in [4.69, 9.17) is 19.0 Å². The number of rotatable bonds is 8. The number of aromatic nitrogens is 3. The van der Waals surface area contributed by atoms with Crippen molar-refractivity contribution in [2.24, 2.45) is 0 Å². The van der Waals surface area contributed by atoms with Crippen LogP contribution in [0, 0.1) is 0 Å².